The number of benzene rings is 1. The number of amides is 3. The van der Waals surface area contributed by atoms with Gasteiger partial charge in [0.25, 0.3) is 0 Å². The number of nitrogens with zero attached hydrogens (tertiary/aromatic N) is 1. The standard InChI is InChI=1S/C20H24FN3O3/c1-9(2)15-13-14(17(26)24(16(13)25)19(3,4)5)20(23-15)11-8-10(21)6-7-12(11)22-18(20)27/h6-9,13-15,23H,1-5H3,(H,22,27)/t13-,14-,15-,20-/m0/s1. The van der Waals surface area contributed by atoms with E-state index in [9.17, 15) is 18.8 Å². The Bertz CT molecular complexity index is 876. The second-order valence-corrected chi connectivity index (χ2v) is 9.05. The van der Waals surface area contributed by atoms with Crippen LogP contribution in [-0.2, 0) is 19.9 Å². The van der Waals surface area contributed by atoms with Crippen molar-refractivity contribution in [2.24, 2.45) is 17.8 Å². The summed E-state index contributed by atoms with van der Waals surface area (Å²) in [5, 5.41) is 6.06. The number of imide groups is 1. The maximum absolute atomic E-state index is 14.0. The zero-order valence-electron chi connectivity index (χ0n) is 16.1. The van der Waals surface area contributed by atoms with Crippen molar-refractivity contribution in [3.63, 3.8) is 0 Å². The Hall–Kier alpha value is -2.28. The van der Waals surface area contributed by atoms with Crippen LogP contribution in [-0.4, -0.2) is 34.2 Å². The van der Waals surface area contributed by atoms with Crippen LogP contribution in [0.1, 0.15) is 40.2 Å². The fraction of sp³-hybridized carbons (Fsp3) is 0.550. The Kier molecular flexibility index (Phi) is 3.60. The number of likely N-dealkylation sites (tertiary alicyclic amines) is 1. The van der Waals surface area contributed by atoms with Crippen molar-refractivity contribution in [3.8, 4) is 0 Å². The normalized spacial score (nSPS) is 32.5. The molecule has 3 aliphatic heterocycles. The summed E-state index contributed by atoms with van der Waals surface area (Å²) in [6, 6.07) is 3.70. The molecular formula is C20H24FN3O3. The maximum Gasteiger partial charge on any atom is 0.250 e. The Labute approximate surface area is 157 Å². The van der Waals surface area contributed by atoms with Crippen LogP contribution in [0.25, 0.3) is 0 Å². The van der Waals surface area contributed by atoms with Crippen molar-refractivity contribution < 1.29 is 18.8 Å². The van der Waals surface area contributed by atoms with Gasteiger partial charge in [0, 0.05) is 22.8 Å². The molecule has 144 valence electrons. The Morgan fingerprint density at radius 3 is 2.41 bits per heavy atom. The molecule has 3 amide bonds. The first-order chi connectivity index (χ1) is 12.5. The molecule has 27 heavy (non-hydrogen) atoms. The first-order valence-corrected chi connectivity index (χ1v) is 9.27. The van der Waals surface area contributed by atoms with Crippen LogP contribution in [0.2, 0.25) is 0 Å². The quantitative estimate of drug-likeness (QED) is 0.738. The first kappa shape index (κ1) is 18.1. The Morgan fingerprint density at radius 2 is 1.81 bits per heavy atom. The van der Waals surface area contributed by atoms with E-state index in [1.165, 1.54) is 23.1 Å². The molecule has 1 aromatic carbocycles. The largest absolute Gasteiger partial charge is 0.324 e. The molecule has 3 heterocycles. The number of rotatable bonds is 1. The van der Waals surface area contributed by atoms with E-state index < -0.39 is 34.6 Å². The Morgan fingerprint density at radius 1 is 1.15 bits per heavy atom. The molecule has 4 rings (SSSR count). The van der Waals surface area contributed by atoms with E-state index >= 15 is 0 Å². The number of anilines is 1. The predicted octanol–water partition coefficient (Wildman–Crippen LogP) is 2.00. The lowest BCUT2D eigenvalue weighted by Crippen LogP contribution is -2.56. The van der Waals surface area contributed by atoms with E-state index in [-0.39, 0.29) is 23.8 Å². The van der Waals surface area contributed by atoms with Gasteiger partial charge < -0.3 is 5.32 Å². The summed E-state index contributed by atoms with van der Waals surface area (Å²) in [5.74, 6) is -3.06. The fourth-order valence-electron chi connectivity index (χ4n) is 4.94. The van der Waals surface area contributed by atoms with Crippen molar-refractivity contribution in [2.75, 3.05) is 5.32 Å². The van der Waals surface area contributed by atoms with Gasteiger partial charge >= 0.3 is 0 Å². The molecule has 6 nitrogen and oxygen atoms in total. The molecule has 0 saturated carbocycles. The number of fused-ring (bicyclic) bond motifs is 4. The molecular weight excluding hydrogens is 349 g/mol. The van der Waals surface area contributed by atoms with Gasteiger partial charge in [0.1, 0.15) is 11.4 Å². The van der Waals surface area contributed by atoms with Crippen molar-refractivity contribution in [3.05, 3.63) is 29.6 Å². The minimum atomic E-state index is -1.43. The number of hydrogen-bond donors (Lipinski definition) is 2. The van der Waals surface area contributed by atoms with E-state index in [2.05, 4.69) is 10.6 Å². The van der Waals surface area contributed by atoms with Crippen molar-refractivity contribution in [2.45, 2.75) is 51.7 Å². The van der Waals surface area contributed by atoms with E-state index in [0.29, 0.717) is 11.3 Å². The highest BCUT2D eigenvalue weighted by Gasteiger charge is 2.71. The van der Waals surface area contributed by atoms with Crippen LogP contribution in [0, 0.1) is 23.6 Å². The van der Waals surface area contributed by atoms with Gasteiger partial charge in [-0.25, -0.2) is 4.39 Å². The van der Waals surface area contributed by atoms with E-state index in [0.717, 1.165) is 0 Å². The minimum absolute atomic E-state index is 0.0129. The van der Waals surface area contributed by atoms with Crippen molar-refractivity contribution in [1.29, 1.82) is 0 Å². The number of hydrogen-bond acceptors (Lipinski definition) is 4. The van der Waals surface area contributed by atoms with Gasteiger partial charge in [-0.05, 0) is 44.9 Å². The molecule has 0 unspecified atom stereocenters. The summed E-state index contributed by atoms with van der Waals surface area (Å²) in [7, 11) is 0. The van der Waals surface area contributed by atoms with Crippen LogP contribution in [0.3, 0.4) is 0 Å². The lowest BCUT2D eigenvalue weighted by molar-refractivity contribution is -0.148. The molecule has 3 aliphatic rings. The average Bonchev–Trinajstić information content (AvgIpc) is 3.13. The third kappa shape index (κ3) is 2.18. The molecule has 0 bridgehead atoms. The molecule has 7 heteroatoms. The number of carbonyl (C=O) groups is 3. The summed E-state index contributed by atoms with van der Waals surface area (Å²) >= 11 is 0. The zero-order valence-corrected chi connectivity index (χ0v) is 16.1. The lowest BCUT2D eigenvalue weighted by Gasteiger charge is -2.35. The summed E-state index contributed by atoms with van der Waals surface area (Å²) in [6.07, 6.45) is 0. The van der Waals surface area contributed by atoms with E-state index in [1.54, 1.807) is 20.8 Å². The van der Waals surface area contributed by atoms with Crippen LogP contribution >= 0.6 is 0 Å². The molecule has 2 N–H and O–H groups in total. The summed E-state index contributed by atoms with van der Waals surface area (Å²) < 4.78 is 14.0. The third-order valence-electron chi connectivity index (χ3n) is 6.00. The number of halogens is 1. The number of nitrogens with one attached hydrogen (secondary N) is 2. The summed E-state index contributed by atoms with van der Waals surface area (Å²) in [6.45, 7) is 9.30. The molecule has 1 spiro atoms. The van der Waals surface area contributed by atoms with Gasteiger partial charge in [-0.1, -0.05) is 13.8 Å². The number of carbonyl (C=O) groups excluding carboxylic acids is 3. The highest BCUT2D eigenvalue weighted by atomic mass is 19.1. The molecule has 0 aliphatic carbocycles. The van der Waals surface area contributed by atoms with Gasteiger partial charge in [-0.2, -0.15) is 0 Å². The van der Waals surface area contributed by atoms with Crippen molar-refractivity contribution >= 4 is 23.4 Å². The second-order valence-electron chi connectivity index (χ2n) is 9.05. The molecule has 4 atom stereocenters. The van der Waals surface area contributed by atoms with Crippen LogP contribution in [0.15, 0.2) is 18.2 Å². The third-order valence-corrected chi connectivity index (χ3v) is 6.00. The van der Waals surface area contributed by atoms with Gasteiger partial charge in [0.2, 0.25) is 17.7 Å². The Balaban J connectivity index is 1.95. The van der Waals surface area contributed by atoms with E-state index in [1.807, 2.05) is 13.8 Å². The molecule has 0 aromatic heterocycles. The predicted molar refractivity (Wildman–Crippen MR) is 97.1 cm³/mol. The van der Waals surface area contributed by atoms with Gasteiger partial charge in [0.05, 0.1) is 11.8 Å². The molecule has 1 aromatic rings. The molecule has 0 radical (unpaired) electrons. The van der Waals surface area contributed by atoms with Gasteiger partial charge in [0.15, 0.2) is 0 Å². The van der Waals surface area contributed by atoms with Crippen LogP contribution in [0.5, 0.6) is 0 Å². The fourth-order valence-corrected chi connectivity index (χ4v) is 4.94. The van der Waals surface area contributed by atoms with Gasteiger partial charge in [-0.3, -0.25) is 24.6 Å². The topological polar surface area (TPSA) is 78.5 Å². The highest BCUT2D eigenvalue weighted by Crippen LogP contribution is 2.54. The molecule has 2 fully saturated rings. The summed E-state index contributed by atoms with van der Waals surface area (Å²) in [5.41, 5.74) is -1.24. The van der Waals surface area contributed by atoms with E-state index in [4.69, 9.17) is 0 Å². The molecule has 2 saturated heterocycles. The smallest absolute Gasteiger partial charge is 0.250 e. The summed E-state index contributed by atoms with van der Waals surface area (Å²) in [4.78, 5) is 41.0. The SMILES string of the molecule is CC(C)[C@@H]1N[C@]2(C(=O)Nc3ccc(F)cc32)[C@@H]2C(=O)N(C(C)(C)C)C(=O)[C@@H]21. The lowest BCUT2D eigenvalue weighted by atomic mass is 9.75. The van der Waals surface area contributed by atoms with Crippen molar-refractivity contribution in [1.82, 2.24) is 10.2 Å². The van der Waals surface area contributed by atoms with Crippen LogP contribution < -0.4 is 10.6 Å². The monoisotopic (exact) mass is 373 g/mol. The first-order valence-electron chi connectivity index (χ1n) is 9.27. The second kappa shape index (κ2) is 5.38. The average molecular weight is 373 g/mol. The van der Waals surface area contributed by atoms with Gasteiger partial charge in [-0.15, -0.1) is 0 Å². The highest BCUT2D eigenvalue weighted by molar-refractivity contribution is 6.15. The minimum Gasteiger partial charge on any atom is -0.324 e. The maximum atomic E-state index is 14.0. The zero-order chi connectivity index (χ0) is 19.9. The van der Waals surface area contributed by atoms with Crippen LogP contribution in [0.4, 0.5) is 10.1 Å².